The molecular formula is C22H25ClN6O3S. The van der Waals surface area contributed by atoms with Crippen molar-refractivity contribution in [2.45, 2.75) is 32.9 Å². The van der Waals surface area contributed by atoms with E-state index < -0.39 is 0 Å². The van der Waals surface area contributed by atoms with Gasteiger partial charge in [0, 0.05) is 31.2 Å². The van der Waals surface area contributed by atoms with Crippen LogP contribution in [0.4, 0.5) is 5.13 Å². The predicted molar refractivity (Wildman–Crippen MR) is 129 cm³/mol. The van der Waals surface area contributed by atoms with Gasteiger partial charge in [0.2, 0.25) is 11.8 Å². The molecule has 2 aromatic heterocycles. The number of amides is 2. The molecule has 1 unspecified atom stereocenters. The molecule has 4 rings (SSSR count). The van der Waals surface area contributed by atoms with Crippen molar-refractivity contribution >= 4 is 50.2 Å². The van der Waals surface area contributed by atoms with Crippen LogP contribution in [0.15, 0.2) is 35.4 Å². The Bertz CT molecular complexity index is 1210. The zero-order valence-corrected chi connectivity index (χ0v) is 19.8. The number of anilines is 1. The second kappa shape index (κ2) is 10.3. The monoisotopic (exact) mass is 488 g/mol. The number of thiazole rings is 1. The minimum absolute atomic E-state index is 0.0494. The molecule has 9 nitrogen and oxygen atoms in total. The molecule has 1 atom stereocenters. The smallest absolute Gasteiger partial charge is 0.273 e. The van der Waals surface area contributed by atoms with Gasteiger partial charge < -0.3 is 15.5 Å². The second-order valence-electron chi connectivity index (χ2n) is 7.91. The van der Waals surface area contributed by atoms with Crippen LogP contribution in [0.5, 0.6) is 0 Å². The molecule has 1 aliphatic heterocycles. The fourth-order valence-electron chi connectivity index (χ4n) is 3.78. The topological polar surface area (TPSA) is 109 Å². The van der Waals surface area contributed by atoms with Gasteiger partial charge >= 0.3 is 0 Å². The van der Waals surface area contributed by atoms with E-state index in [4.69, 9.17) is 11.6 Å². The van der Waals surface area contributed by atoms with Crippen LogP contribution in [0.2, 0.25) is 5.02 Å². The quantitative estimate of drug-likeness (QED) is 0.527. The Morgan fingerprint density at radius 2 is 2.03 bits per heavy atom. The maximum Gasteiger partial charge on any atom is 0.273 e. The molecule has 1 aliphatic rings. The summed E-state index contributed by atoms with van der Waals surface area (Å²) in [6.45, 7) is 4.05. The highest BCUT2D eigenvalue weighted by Gasteiger charge is 2.27. The Morgan fingerprint density at radius 3 is 2.79 bits per heavy atom. The first-order valence-corrected chi connectivity index (χ1v) is 12.0. The number of carbonyl (C=O) groups excluding carboxylic acids is 2. The van der Waals surface area contributed by atoms with Crippen LogP contribution in [-0.4, -0.2) is 46.0 Å². The summed E-state index contributed by atoms with van der Waals surface area (Å²) in [4.78, 5) is 48.4. The minimum Gasteiger partial charge on any atom is -0.356 e. The van der Waals surface area contributed by atoms with Gasteiger partial charge in [-0.3, -0.25) is 19.0 Å². The Labute approximate surface area is 199 Å². The summed E-state index contributed by atoms with van der Waals surface area (Å²) in [5.41, 5.74) is 0.967. The summed E-state index contributed by atoms with van der Waals surface area (Å²) < 4.78 is 1.69. The van der Waals surface area contributed by atoms with E-state index in [1.807, 2.05) is 24.0 Å². The van der Waals surface area contributed by atoms with Crippen molar-refractivity contribution in [1.29, 1.82) is 0 Å². The molecule has 3 aromatic rings. The van der Waals surface area contributed by atoms with E-state index >= 15 is 0 Å². The largest absolute Gasteiger partial charge is 0.356 e. The Kier molecular flexibility index (Phi) is 7.24. The highest BCUT2D eigenvalue weighted by Crippen LogP contribution is 2.29. The van der Waals surface area contributed by atoms with Gasteiger partial charge in [-0.15, -0.1) is 0 Å². The molecule has 0 aliphatic carbocycles. The molecule has 1 saturated heterocycles. The number of nitrogens with zero attached hydrogens (tertiary/aromatic N) is 4. The van der Waals surface area contributed by atoms with Crippen LogP contribution >= 0.6 is 22.9 Å². The number of nitrogens with one attached hydrogen (secondary N) is 2. The van der Waals surface area contributed by atoms with E-state index in [1.165, 1.54) is 22.2 Å². The van der Waals surface area contributed by atoms with Crippen LogP contribution in [0.25, 0.3) is 10.3 Å². The van der Waals surface area contributed by atoms with Gasteiger partial charge in [0.25, 0.3) is 5.56 Å². The van der Waals surface area contributed by atoms with Crippen molar-refractivity contribution in [2.24, 2.45) is 5.92 Å². The van der Waals surface area contributed by atoms with Gasteiger partial charge in [0.1, 0.15) is 17.6 Å². The fourth-order valence-corrected chi connectivity index (χ4v) is 4.91. The number of piperidine rings is 1. The molecule has 3 heterocycles. The zero-order chi connectivity index (χ0) is 23.4. The lowest BCUT2D eigenvalue weighted by Gasteiger charge is -2.31. The first-order chi connectivity index (χ1) is 15.9. The SMILES string of the molecule is CCNC(=O)C1CCCN(c2nc3ncn(CC(=O)NCc4ccc(Cl)cc4)c(=O)c3s2)C1. The first kappa shape index (κ1) is 23.2. The number of aromatic nitrogens is 3. The van der Waals surface area contributed by atoms with Gasteiger partial charge in [0.05, 0.1) is 5.92 Å². The van der Waals surface area contributed by atoms with Crippen LogP contribution < -0.4 is 21.1 Å². The van der Waals surface area contributed by atoms with Crippen LogP contribution in [0.1, 0.15) is 25.3 Å². The molecule has 2 N–H and O–H groups in total. The molecule has 1 fully saturated rings. The number of benzene rings is 1. The average Bonchev–Trinajstić information content (AvgIpc) is 3.26. The summed E-state index contributed by atoms with van der Waals surface area (Å²) >= 11 is 7.13. The molecule has 1 aromatic carbocycles. The average molecular weight is 489 g/mol. The predicted octanol–water partition coefficient (Wildman–Crippen LogP) is 2.18. The minimum atomic E-state index is -0.303. The molecular weight excluding hydrogens is 464 g/mol. The maximum absolute atomic E-state index is 12.9. The van der Waals surface area contributed by atoms with Crippen molar-refractivity contribution in [3.63, 3.8) is 0 Å². The van der Waals surface area contributed by atoms with Gasteiger partial charge in [-0.05, 0) is 37.5 Å². The molecule has 0 bridgehead atoms. The van der Waals surface area contributed by atoms with E-state index in [1.54, 1.807) is 12.1 Å². The van der Waals surface area contributed by atoms with E-state index in [2.05, 4.69) is 20.6 Å². The van der Waals surface area contributed by atoms with Crippen molar-refractivity contribution in [2.75, 3.05) is 24.5 Å². The van der Waals surface area contributed by atoms with Gasteiger partial charge in [-0.25, -0.2) is 4.98 Å². The third kappa shape index (κ3) is 5.51. The lowest BCUT2D eigenvalue weighted by atomic mass is 9.97. The van der Waals surface area contributed by atoms with E-state index in [0.717, 1.165) is 24.9 Å². The van der Waals surface area contributed by atoms with Crippen LogP contribution in [-0.2, 0) is 22.7 Å². The summed E-state index contributed by atoms with van der Waals surface area (Å²) in [6.07, 6.45) is 3.07. The Morgan fingerprint density at radius 1 is 1.24 bits per heavy atom. The summed E-state index contributed by atoms with van der Waals surface area (Å²) in [7, 11) is 0. The first-order valence-electron chi connectivity index (χ1n) is 10.8. The summed E-state index contributed by atoms with van der Waals surface area (Å²) in [6, 6.07) is 7.18. The van der Waals surface area contributed by atoms with E-state index in [9.17, 15) is 14.4 Å². The van der Waals surface area contributed by atoms with Crippen LogP contribution in [0, 0.1) is 5.92 Å². The van der Waals surface area contributed by atoms with Crippen molar-refractivity contribution in [1.82, 2.24) is 25.2 Å². The highest BCUT2D eigenvalue weighted by atomic mass is 35.5. The molecule has 2 amide bonds. The van der Waals surface area contributed by atoms with Crippen molar-refractivity contribution < 1.29 is 9.59 Å². The molecule has 0 saturated carbocycles. The standard InChI is InChI=1S/C22H25ClN6O3S/c1-2-24-20(31)15-4-3-9-28(11-15)22-27-19-18(33-22)21(32)29(13-26-19)12-17(30)25-10-14-5-7-16(23)8-6-14/h5-8,13,15H,2-4,9-12H2,1H3,(H,24,31)(H,25,30). The molecule has 0 spiro atoms. The van der Waals surface area contributed by atoms with Crippen molar-refractivity contribution in [3.05, 3.63) is 51.5 Å². The molecule has 11 heteroatoms. The molecule has 0 radical (unpaired) electrons. The Balaban J connectivity index is 1.44. The van der Waals surface area contributed by atoms with Gasteiger partial charge in [0.15, 0.2) is 10.8 Å². The third-order valence-electron chi connectivity index (χ3n) is 5.50. The number of rotatable bonds is 7. The van der Waals surface area contributed by atoms with Crippen LogP contribution in [0.3, 0.4) is 0 Å². The highest BCUT2D eigenvalue weighted by molar-refractivity contribution is 7.22. The zero-order valence-electron chi connectivity index (χ0n) is 18.2. The van der Waals surface area contributed by atoms with E-state index in [0.29, 0.717) is 40.1 Å². The number of fused-ring (bicyclic) bond motifs is 1. The maximum atomic E-state index is 12.9. The molecule has 174 valence electrons. The van der Waals surface area contributed by atoms with Gasteiger partial charge in [-0.1, -0.05) is 35.1 Å². The number of hydrogen-bond acceptors (Lipinski definition) is 7. The number of carbonyl (C=O) groups is 2. The third-order valence-corrected chi connectivity index (χ3v) is 6.85. The van der Waals surface area contributed by atoms with E-state index in [-0.39, 0.29) is 29.8 Å². The molecule has 33 heavy (non-hydrogen) atoms. The number of halogens is 1. The lowest BCUT2D eigenvalue weighted by molar-refractivity contribution is -0.125. The summed E-state index contributed by atoms with van der Waals surface area (Å²) in [5.74, 6) is -0.341. The second-order valence-corrected chi connectivity index (χ2v) is 9.32. The Hall–Kier alpha value is -2.98. The number of hydrogen-bond donors (Lipinski definition) is 2. The normalized spacial score (nSPS) is 16.1. The van der Waals surface area contributed by atoms with Gasteiger partial charge in [-0.2, -0.15) is 4.98 Å². The fraction of sp³-hybridized carbons (Fsp3) is 0.409. The van der Waals surface area contributed by atoms with Crippen molar-refractivity contribution in [3.8, 4) is 0 Å². The lowest BCUT2D eigenvalue weighted by Crippen LogP contribution is -2.43. The summed E-state index contributed by atoms with van der Waals surface area (Å²) in [5, 5.41) is 6.98.